The van der Waals surface area contributed by atoms with Crippen molar-refractivity contribution >= 4 is 23.2 Å². The Balaban J connectivity index is 0.000000360. The Labute approximate surface area is 51.3 Å². The van der Waals surface area contributed by atoms with E-state index in [1.807, 2.05) is 0 Å². The molecule has 0 aliphatic carbocycles. The van der Waals surface area contributed by atoms with Gasteiger partial charge in [-0.3, -0.25) is 4.21 Å². The first-order chi connectivity index (χ1) is 2.79. The zero-order valence-electron chi connectivity index (χ0n) is 3.79. The Kier molecular flexibility index (Phi) is 2.80. The summed E-state index contributed by atoms with van der Waals surface area (Å²) in [5, 5.41) is 0. The first-order valence-corrected chi connectivity index (χ1v) is 3.38. The molecule has 0 aromatic heterocycles. The van der Waals surface area contributed by atoms with E-state index in [9.17, 15) is 4.21 Å². The van der Waals surface area contributed by atoms with E-state index in [-0.39, 0.29) is 18.4 Å². The van der Waals surface area contributed by atoms with Gasteiger partial charge in [-0.05, 0) is 0 Å². The third-order valence-electron chi connectivity index (χ3n) is 0.800. The number of halogens is 1. The molecule has 0 aromatic rings. The van der Waals surface area contributed by atoms with Gasteiger partial charge in [0.1, 0.15) is 0 Å². The second kappa shape index (κ2) is 2.64. The summed E-state index contributed by atoms with van der Waals surface area (Å²) in [5.74, 6) is 1.44. The number of hydrogen-bond acceptors (Lipinski definition) is 2. The highest BCUT2D eigenvalue weighted by atomic mass is 35.5. The van der Waals surface area contributed by atoms with Gasteiger partial charge in [0.15, 0.2) is 0 Å². The van der Waals surface area contributed by atoms with Crippen molar-refractivity contribution < 1.29 is 4.21 Å². The Morgan fingerprint density at radius 2 is 2.00 bits per heavy atom. The molecule has 4 heteroatoms. The van der Waals surface area contributed by atoms with Crippen LogP contribution < -0.4 is 5.73 Å². The predicted molar refractivity (Wildman–Crippen MR) is 33.1 cm³/mol. The maximum atomic E-state index is 10.1. The normalized spacial score (nSPS) is 38.4. The van der Waals surface area contributed by atoms with Crippen molar-refractivity contribution in [1.29, 1.82) is 0 Å². The van der Waals surface area contributed by atoms with Crippen molar-refractivity contribution in [2.24, 2.45) is 5.73 Å². The maximum Gasteiger partial charge on any atom is 0.0396 e. The third kappa shape index (κ3) is 1.76. The van der Waals surface area contributed by atoms with Crippen LogP contribution in [0, 0.1) is 0 Å². The molecule has 1 heterocycles. The zero-order valence-corrected chi connectivity index (χ0v) is 5.43. The summed E-state index contributed by atoms with van der Waals surface area (Å²) in [6.45, 7) is 0. The summed E-state index contributed by atoms with van der Waals surface area (Å²) in [4.78, 5) is 0. The topological polar surface area (TPSA) is 43.1 Å². The van der Waals surface area contributed by atoms with E-state index < -0.39 is 10.8 Å². The number of nitrogens with two attached hydrogens (primary N) is 1. The highest BCUT2D eigenvalue weighted by Crippen LogP contribution is 1.99. The standard InChI is InChI=1S/C3H7NOS.ClH/c4-3-1-6(5)2-3;/h3H,1-2,4H2;1H. The monoisotopic (exact) mass is 141 g/mol. The van der Waals surface area contributed by atoms with Gasteiger partial charge in [0.2, 0.25) is 0 Å². The fraction of sp³-hybridized carbons (Fsp3) is 1.00. The fourth-order valence-electron chi connectivity index (χ4n) is 0.429. The SMILES string of the molecule is Cl.NC1CS(=O)C1. The molecule has 0 bridgehead atoms. The highest BCUT2D eigenvalue weighted by molar-refractivity contribution is 7.86. The third-order valence-corrected chi connectivity index (χ3v) is 2.40. The van der Waals surface area contributed by atoms with Crippen LogP contribution in [0.25, 0.3) is 0 Å². The molecule has 0 saturated carbocycles. The lowest BCUT2D eigenvalue weighted by Gasteiger charge is -2.18. The van der Waals surface area contributed by atoms with E-state index in [0.29, 0.717) is 0 Å². The largest absolute Gasteiger partial charge is 0.326 e. The van der Waals surface area contributed by atoms with Gasteiger partial charge in [-0.25, -0.2) is 0 Å². The van der Waals surface area contributed by atoms with Crippen LogP contribution in [0.3, 0.4) is 0 Å². The molecule has 1 saturated heterocycles. The van der Waals surface area contributed by atoms with Crippen LogP contribution in [0.2, 0.25) is 0 Å². The average Bonchev–Trinajstić information content (AvgIpc) is 1.33. The van der Waals surface area contributed by atoms with Crippen LogP contribution in [0.15, 0.2) is 0 Å². The minimum Gasteiger partial charge on any atom is -0.326 e. The lowest BCUT2D eigenvalue weighted by molar-refractivity contribution is 0.652. The Bertz CT molecular complexity index is 79.0. The quantitative estimate of drug-likeness (QED) is 0.494. The van der Waals surface area contributed by atoms with Crippen LogP contribution in [0.4, 0.5) is 0 Å². The summed E-state index contributed by atoms with van der Waals surface area (Å²) >= 11 is 0. The molecular weight excluding hydrogens is 134 g/mol. The molecule has 0 spiro atoms. The molecule has 44 valence electrons. The van der Waals surface area contributed by atoms with E-state index in [1.54, 1.807) is 0 Å². The van der Waals surface area contributed by atoms with Crippen molar-refractivity contribution in [3.05, 3.63) is 0 Å². The molecule has 1 fully saturated rings. The lowest BCUT2D eigenvalue weighted by atomic mass is 10.4. The van der Waals surface area contributed by atoms with E-state index >= 15 is 0 Å². The molecule has 1 rings (SSSR count). The number of hydrogen-bond donors (Lipinski definition) is 1. The molecule has 1 aliphatic heterocycles. The Morgan fingerprint density at radius 1 is 1.57 bits per heavy atom. The summed E-state index contributed by atoms with van der Waals surface area (Å²) in [6, 6.07) is 0.242. The van der Waals surface area contributed by atoms with Gasteiger partial charge < -0.3 is 5.73 Å². The van der Waals surface area contributed by atoms with E-state index in [2.05, 4.69) is 0 Å². The molecule has 2 N–H and O–H groups in total. The van der Waals surface area contributed by atoms with Crippen molar-refractivity contribution in [3.63, 3.8) is 0 Å². The summed E-state index contributed by atoms with van der Waals surface area (Å²) in [7, 11) is -0.547. The highest BCUT2D eigenvalue weighted by Gasteiger charge is 2.19. The van der Waals surface area contributed by atoms with Crippen LogP contribution in [-0.2, 0) is 10.8 Å². The zero-order chi connectivity index (χ0) is 4.57. The van der Waals surface area contributed by atoms with E-state index in [4.69, 9.17) is 5.73 Å². The van der Waals surface area contributed by atoms with Crippen LogP contribution in [0.5, 0.6) is 0 Å². The second-order valence-electron chi connectivity index (χ2n) is 1.53. The molecule has 1 aliphatic rings. The van der Waals surface area contributed by atoms with Crippen molar-refractivity contribution in [3.8, 4) is 0 Å². The summed E-state index contributed by atoms with van der Waals surface area (Å²) < 4.78 is 10.1. The average molecular weight is 142 g/mol. The van der Waals surface area contributed by atoms with Gasteiger partial charge in [0.05, 0.1) is 0 Å². The number of rotatable bonds is 0. The fourth-order valence-corrected chi connectivity index (χ4v) is 1.29. The van der Waals surface area contributed by atoms with Crippen molar-refractivity contribution in [2.45, 2.75) is 6.04 Å². The predicted octanol–water partition coefficient (Wildman–Crippen LogP) is -0.502. The van der Waals surface area contributed by atoms with Gasteiger partial charge in [-0.1, -0.05) is 0 Å². The van der Waals surface area contributed by atoms with Gasteiger partial charge in [0.25, 0.3) is 0 Å². The van der Waals surface area contributed by atoms with Gasteiger partial charge in [-0.15, -0.1) is 12.4 Å². The van der Waals surface area contributed by atoms with E-state index in [1.165, 1.54) is 0 Å². The van der Waals surface area contributed by atoms with E-state index in [0.717, 1.165) is 11.5 Å². The molecule has 0 aromatic carbocycles. The van der Waals surface area contributed by atoms with Crippen molar-refractivity contribution in [1.82, 2.24) is 0 Å². The Morgan fingerprint density at radius 3 is 2.00 bits per heavy atom. The maximum absolute atomic E-state index is 10.1. The minimum atomic E-state index is -0.547. The van der Waals surface area contributed by atoms with Gasteiger partial charge in [0, 0.05) is 28.3 Å². The summed E-state index contributed by atoms with van der Waals surface area (Å²) in [6.07, 6.45) is 0. The van der Waals surface area contributed by atoms with Crippen LogP contribution in [0.1, 0.15) is 0 Å². The molecule has 0 atom stereocenters. The molecular formula is C3H8ClNOS. The summed E-state index contributed by atoms with van der Waals surface area (Å²) in [5.41, 5.74) is 5.28. The van der Waals surface area contributed by atoms with Crippen LogP contribution >= 0.6 is 12.4 Å². The molecule has 0 amide bonds. The molecule has 7 heavy (non-hydrogen) atoms. The minimum absolute atomic E-state index is 0. The molecule has 0 radical (unpaired) electrons. The lowest BCUT2D eigenvalue weighted by Crippen LogP contribution is -2.43. The van der Waals surface area contributed by atoms with Gasteiger partial charge in [-0.2, -0.15) is 0 Å². The van der Waals surface area contributed by atoms with Crippen LogP contribution in [-0.4, -0.2) is 21.8 Å². The van der Waals surface area contributed by atoms with Gasteiger partial charge >= 0.3 is 0 Å². The molecule has 0 unspecified atom stereocenters. The first-order valence-electron chi connectivity index (χ1n) is 1.89. The van der Waals surface area contributed by atoms with Crippen molar-refractivity contribution in [2.75, 3.05) is 11.5 Å². The second-order valence-corrected chi connectivity index (χ2v) is 3.08. The Hall–Kier alpha value is 0.400. The first kappa shape index (κ1) is 7.40. The smallest absolute Gasteiger partial charge is 0.0396 e. The molecule has 2 nitrogen and oxygen atoms in total.